The first-order valence-electron chi connectivity index (χ1n) is 12.6. The van der Waals surface area contributed by atoms with Crippen LogP contribution >= 0.6 is 55.1 Å². The summed E-state index contributed by atoms with van der Waals surface area (Å²) in [6.07, 6.45) is 1.69. The van der Waals surface area contributed by atoms with E-state index in [9.17, 15) is 34.2 Å². The number of likely N-dealkylation sites (tertiary alicyclic amines) is 1. The van der Waals surface area contributed by atoms with Gasteiger partial charge >= 0.3 is 5.97 Å². The molecule has 2 aliphatic carbocycles. The SMILES string of the molecule is O=C(O)c1cccc(N2C(=O)C3CC=C4C(CC5(Cl)C(=O)N(CBr)C(=O)C5(Cl)C4c4cc(Br)ccc4O)C3C2=O)c1. The van der Waals surface area contributed by atoms with Crippen LogP contribution in [0.4, 0.5) is 5.69 Å². The summed E-state index contributed by atoms with van der Waals surface area (Å²) >= 11 is 20.9. The molecule has 2 heterocycles. The van der Waals surface area contributed by atoms with Gasteiger partial charge in [0.2, 0.25) is 11.8 Å². The third-order valence-corrected chi connectivity index (χ3v) is 11.1. The Hall–Kier alpha value is -2.73. The first kappa shape index (κ1) is 28.4. The number of carboxylic acid groups (broad SMARTS) is 1. The first-order chi connectivity index (χ1) is 19.4. The number of amides is 4. The number of carboxylic acids is 1. The van der Waals surface area contributed by atoms with E-state index in [0.717, 1.165) is 9.80 Å². The lowest BCUT2D eigenvalue weighted by Gasteiger charge is -2.50. The number of aromatic carboxylic acids is 1. The number of hydrogen-bond donors (Lipinski definition) is 2. The minimum atomic E-state index is -2.03. The fraction of sp³-hybridized carbons (Fsp3) is 0.321. The number of fused-ring (bicyclic) bond motifs is 4. The van der Waals surface area contributed by atoms with Gasteiger partial charge in [0.1, 0.15) is 5.75 Å². The van der Waals surface area contributed by atoms with Crippen LogP contribution in [0.3, 0.4) is 0 Å². The normalized spacial score (nSPS) is 32.5. The third-order valence-electron chi connectivity index (χ3n) is 8.67. The molecule has 9 nitrogen and oxygen atoms in total. The number of aromatic hydroxyl groups is 1. The van der Waals surface area contributed by atoms with E-state index in [1.54, 1.807) is 18.2 Å². The van der Waals surface area contributed by atoms with Gasteiger partial charge in [0.05, 0.1) is 28.5 Å². The Morgan fingerprint density at radius 3 is 2.44 bits per heavy atom. The molecule has 2 aromatic carbocycles. The van der Waals surface area contributed by atoms with Crippen molar-refractivity contribution in [1.82, 2.24) is 4.90 Å². The number of carbonyl (C=O) groups is 5. The van der Waals surface area contributed by atoms with Crippen LogP contribution in [0.25, 0.3) is 0 Å². The van der Waals surface area contributed by atoms with Gasteiger partial charge in [0.25, 0.3) is 11.8 Å². The molecule has 2 aliphatic heterocycles. The number of carbonyl (C=O) groups excluding carboxylic acids is 4. The largest absolute Gasteiger partial charge is 0.508 e. The van der Waals surface area contributed by atoms with Crippen molar-refractivity contribution in [2.75, 3.05) is 10.4 Å². The van der Waals surface area contributed by atoms with Crippen LogP contribution in [0.15, 0.2) is 58.6 Å². The highest BCUT2D eigenvalue weighted by molar-refractivity contribution is 9.10. The zero-order valence-electron chi connectivity index (χ0n) is 20.9. The number of alkyl halides is 3. The molecule has 2 aromatic rings. The fourth-order valence-corrected chi connectivity index (χ4v) is 8.68. The molecular weight excluding hydrogens is 707 g/mol. The predicted molar refractivity (Wildman–Crippen MR) is 155 cm³/mol. The van der Waals surface area contributed by atoms with Crippen molar-refractivity contribution in [3.8, 4) is 5.75 Å². The van der Waals surface area contributed by atoms with Crippen LogP contribution in [-0.2, 0) is 19.2 Å². The van der Waals surface area contributed by atoms with E-state index < -0.39 is 63.0 Å². The molecule has 1 saturated carbocycles. The molecule has 41 heavy (non-hydrogen) atoms. The smallest absolute Gasteiger partial charge is 0.335 e. The summed E-state index contributed by atoms with van der Waals surface area (Å²) in [6.45, 7) is 0. The van der Waals surface area contributed by atoms with Crippen LogP contribution in [0.2, 0.25) is 0 Å². The summed E-state index contributed by atoms with van der Waals surface area (Å²) in [6, 6.07) is 10.2. The van der Waals surface area contributed by atoms with Gasteiger partial charge in [-0.3, -0.25) is 29.0 Å². The fourth-order valence-electron chi connectivity index (χ4n) is 6.89. The number of benzene rings is 2. The van der Waals surface area contributed by atoms with Crippen molar-refractivity contribution in [2.24, 2.45) is 17.8 Å². The summed E-state index contributed by atoms with van der Waals surface area (Å²) in [4.78, 5) is 64.6. The molecule has 2 saturated heterocycles. The monoisotopic (exact) mass is 724 g/mol. The number of phenolic OH excluding ortho intramolecular Hbond substituents is 1. The second-order valence-corrected chi connectivity index (χ2v) is 13.2. The molecule has 0 aromatic heterocycles. The van der Waals surface area contributed by atoms with E-state index >= 15 is 0 Å². The maximum absolute atomic E-state index is 14.0. The average molecular weight is 727 g/mol. The highest BCUT2D eigenvalue weighted by Crippen LogP contribution is 2.66. The van der Waals surface area contributed by atoms with Crippen molar-refractivity contribution in [3.05, 3.63) is 69.7 Å². The number of nitrogens with zero attached hydrogens (tertiary/aromatic N) is 2. The number of halogens is 4. The lowest BCUT2D eigenvalue weighted by atomic mass is 9.56. The number of rotatable bonds is 4. The lowest BCUT2D eigenvalue weighted by Crippen LogP contribution is -2.60. The average Bonchev–Trinajstić information content (AvgIpc) is 3.28. The molecule has 2 N–H and O–H groups in total. The summed E-state index contributed by atoms with van der Waals surface area (Å²) in [5.41, 5.74) is 0.653. The van der Waals surface area contributed by atoms with Gasteiger partial charge in [0.15, 0.2) is 9.75 Å². The van der Waals surface area contributed by atoms with E-state index in [2.05, 4.69) is 31.9 Å². The molecular formula is C28H20Br2Cl2N2O7. The molecule has 4 amide bonds. The van der Waals surface area contributed by atoms with Crippen molar-refractivity contribution in [3.63, 3.8) is 0 Å². The molecule has 212 valence electrons. The number of anilines is 1. The van der Waals surface area contributed by atoms with Gasteiger partial charge in [-0.1, -0.05) is 49.6 Å². The highest BCUT2D eigenvalue weighted by atomic mass is 79.9. The summed E-state index contributed by atoms with van der Waals surface area (Å²) in [7, 11) is 0. The minimum absolute atomic E-state index is 0.0868. The van der Waals surface area contributed by atoms with E-state index in [0.29, 0.717) is 10.0 Å². The second kappa shape index (κ2) is 9.65. The topological polar surface area (TPSA) is 132 Å². The van der Waals surface area contributed by atoms with E-state index in [1.807, 2.05) is 0 Å². The molecule has 6 unspecified atom stereocenters. The number of imide groups is 2. The van der Waals surface area contributed by atoms with Crippen molar-refractivity contribution in [1.29, 1.82) is 0 Å². The Morgan fingerprint density at radius 1 is 1.02 bits per heavy atom. The number of hydrogen-bond acceptors (Lipinski definition) is 6. The maximum Gasteiger partial charge on any atom is 0.335 e. The zero-order valence-corrected chi connectivity index (χ0v) is 25.6. The lowest BCUT2D eigenvalue weighted by molar-refractivity contribution is -0.138. The van der Waals surface area contributed by atoms with E-state index in [1.165, 1.54) is 30.3 Å². The Labute approximate surface area is 260 Å². The quantitative estimate of drug-likeness (QED) is 0.201. The van der Waals surface area contributed by atoms with Gasteiger partial charge in [-0.25, -0.2) is 4.79 Å². The van der Waals surface area contributed by atoms with Crippen LogP contribution in [0.1, 0.15) is 34.7 Å². The van der Waals surface area contributed by atoms with Crippen LogP contribution in [0, 0.1) is 17.8 Å². The zero-order chi connectivity index (χ0) is 29.6. The summed E-state index contributed by atoms with van der Waals surface area (Å²) in [5.74, 6) is -7.56. The van der Waals surface area contributed by atoms with Crippen LogP contribution < -0.4 is 4.90 Å². The van der Waals surface area contributed by atoms with Crippen molar-refractivity contribution >= 4 is 90.3 Å². The molecule has 0 bridgehead atoms. The van der Waals surface area contributed by atoms with Crippen molar-refractivity contribution < 1.29 is 34.2 Å². The van der Waals surface area contributed by atoms with Gasteiger partial charge < -0.3 is 10.2 Å². The van der Waals surface area contributed by atoms with Gasteiger partial charge in [-0.05, 0) is 55.2 Å². The number of allylic oxidation sites excluding steroid dienone is 2. The standard InChI is InChI=1S/C28H20Br2Cl2N2O7/c29-11-33-25(40)27(31)10-18-15(21(28(27,32)26(33)41)17-9-13(30)4-7-19(17)35)5-6-16-20(18)23(37)34(22(16)36)14-3-1-2-12(8-14)24(38)39/h1-5,7-9,16,18,20-21,35H,6,10-11H2,(H,38,39). The van der Waals surface area contributed by atoms with E-state index in [-0.39, 0.29) is 40.9 Å². The Balaban J connectivity index is 1.52. The maximum atomic E-state index is 14.0. The molecule has 13 heteroatoms. The predicted octanol–water partition coefficient (Wildman–Crippen LogP) is 4.77. The minimum Gasteiger partial charge on any atom is -0.508 e. The molecule has 4 aliphatic rings. The van der Waals surface area contributed by atoms with Gasteiger partial charge in [0, 0.05) is 16.0 Å². The van der Waals surface area contributed by atoms with Gasteiger partial charge in [-0.15, -0.1) is 23.2 Å². The second-order valence-electron chi connectivity index (χ2n) is 10.6. The Kier molecular flexibility index (Phi) is 6.68. The molecule has 0 radical (unpaired) electrons. The Bertz CT molecular complexity index is 1620. The summed E-state index contributed by atoms with van der Waals surface area (Å²) < 4.78 is 0.577. The van der Waals surface area contributed by atoms with Crippen LogP contribution in [0.5, 0.6) is 5.75 Å². The summed E-state index contributed by atoms with van der Waals surface area (Å²) in [5, 5.41) is 20.4. The molecule has 0 spiro atoms. The van der Waals surface area contributed by atoms with Crippen molar-refractivity contribution in [2.45, 2.75) is 28.5 Å². The van der Waals surface area contributed by atoms with Crippen LogP contribution in [-0.4, -0.2) is 59.9 Å². The molecule has 6 rings (SSSR count). The highest BCUT2D eigenvalue weighted by Gasteiger charge is 2.76. The molecule has 3 fully saturated rings. The first-order valence-corrected chi connectivity index (χ1v) is 15.2. The third kappa shape index (κ3) is 3.74. The molecule has 6 atom stereocenters. The van der Waals surface area contributed by atoms with Gasteiger partial charge in [-0.2, -0.15) is 0 Å². The Morgan fingerprint density at radius 2 is 1.76 bits per heavy atom. The number of phenols is 1. The van der Waals surface area contributed by atoms with E-state index in [4.69, 9.17) is 23.2 Å².